The summed E-state index contributed by atoms with van der Waals surface area (Å²) in [7, 11) is 3.37. The van der Waals surface area contributed by atoms with Crippen molar-refractivity contribution in [2.75, 3.05) is 14.1 Å². The van der Waals surface area contributed by atoms with Gasteiger partial charge in [0, 0.05) is 39.1 Å². The summed E-state index contributed by atoms with van der Waals surface area (Å²) in [6.07, 6.45) is 6.13. The number of hydrogen-bond acceptors (Lipinski definition) is 4. The maximum absolute atomic E-state index is 11.7. The van der Waals surface area contributed by atoms with Crippen molar-refractivity contribution in [3.63, 3.8) is 0 Å². The lowest BCUT2D eigenvalue weighted by atomic mass is 9.86. The van der Waals surface area contributed by atoms with Crippen molar-refractivity contribution in [2.24, 2.45) is 0 Å². The van der Waals surface area contributed by atoms with E-state index in [0.717, 1.165) is 18.5 Å². The van der Waals surface area contributed by atoms with Crippen molar-refractivity contribution in [3.05, 3.63) is 23.8 Å². The number of rotatable bonds is 2. The molecule has 1 aromatic rings. The van der Waals surface area contributed by atoms with E-state index in [9.17, 15) is 9.59 Å². The molecule has 5 nitrogen and oxygen atoms in total. The Morgan fingerprint density at radius 3 is 2.39 bits per heavy atom. The minimum atomic E-state index is -0.145. The fraction of sp³-hybridized carbons (Fsp3) is 0.538. The highest BCUT2D eigenvalue weighted by Crippen LogP contribution is 2.29. The first-order chi connectivity index (χ1) is 8.58. The SMILES string of the molecule is CN(C)C(=O)c1cnc(C2CCC(=O)CC2)cn1. The summed E-state index contributed by atoms with van der Waals surface area (Å²) in [6.45, 7) is 0. The Bertz CT molecular complexity index is 444. The number of carbonyl (C=O) groups excluding carboxylic acids is 2. The second-order valence-corrected chi connectivity index (χ2v) is 4.84. The van der Waals surface area contributed by atoms with Crippen LogP contribution in [0, 0.1) is 0 Å². The molecule has 0 bridgehead atoms. The van der Waals surface area contributed by atoms with Crippen LogP contribution in [0.15, 0.2) is 12.4 Å². The molecule has 1 aliphatic rings. The van der Waals surface area contributed by atoms with Crippen molar-refractivity contribution in [2.45, 2.75) is 31.6 Å². The summed E-state index contributed by atoms with van der Waals surface area (Å²) in [5, 5.41) is 0. The van der Waals surface area contributed by atoms with Gasteiger partial charge in [-0.3, -0.25) is 14.6 Å². The molecule has 2 rings (SSSR count). The highest BCUT2D eigenvalue weighted by atomic mass is 16.2. The van der Waals surface area contributed by atoms with Crippen LogP contribution in [0.2, 0.25) is 0 Å². The first-order valence-corrected chi connectivity index (χ1v) is 6.13. The summed E-state index contributed by atoms with van der Waals surface area (Å²) >= 11 is 0. The highest BCUT2D eigenvalue weighted by Gasteiger charge is 2.22. The number of Topliss-reactive ketones (excluding diaryl/α,β-unsaturated/α-hetero) is 1. The fourth-order valence-corrected chi connectivity index (χ4v) is 2.12. The number of hydrogen-bond donors (Lipinski definition) is 0. The standard InChI is InChI=1S/C13H17N3O2/c1-16(2)13(18)12-8-14-11(7-15-12)9-3-5-10(17)6-4-9/h7-9H,3-6H2,1-2H3. The quantitative estimate of drug-likeness (QED) is 0.792. The van der Waals surface area contributed by atoms with Crippen molar-refractivity contribution in [3.8, 4) is 0 Å². The van der Waals surface area contributed by atoms with E-state index >= 15 is 0 Å². The van der Waals surface area contributed by atoms with E-state index in [4.69, 9.17) is 0 Å². The van der Waals surface area contributed by atoms with E-state index in [2.05, 4.69) is 9.97 Å². The van der Waals surface area contributed by atoms with Crippen LogP contribution in [0.1, 0.15) is 47.8 Å². The topological polar surface area (TPSA) is 63.2 Å². The van der Waals surface area contributed by atoms with Gasteiger partial charge < -0.3 is 4.90 Å². The minimum absolute atomic E-state index is 0.145. The molecule has 1 aliphatic carbocycles. The van der Waals surface area contributed by atoms with E-state index in [-0.39, 0.29) is 5.91 Å². The molecular formula is C13H17N3O2. The lowest BCUT2D eigenvalue weighted by molar-refractivity contribution is -0.120. The van der Waals surface area contributed by atoms with Gasteiger partial charge in [0.05, 0.1) is 11.9 Å². The van der Waals surface area contributed by atoms with E-state index in [0.29, 0.717) is 30.2 Å². The largest absolute Gasteiger partial charge is 0.343 e. The van der Waals surface area contributed by atoms with Gasteiger partial charge in [-0.25, -0.2) is 4.98 Å². The van der Waals surface area contributed by atoms with Gasteiger partial charge in [-0.05, 0) is 12.8 Å². The molecule has 0 spiro atoms. The van der Waals surface area contributed by atoms with Crippen LogP contribution in [-0.2, 0) is 4.79 Å². The van der Waals surface area contributed by atoms with E-state index in [1.165, 1.54) is 11.1 Å². The summed E-state index contributed by atoms with van der Waals surface area (Å²) < 4.78 is 0. The van der Waals surface area contributed by atoms with Crippen molar-refractivity contribution >= 4 is 11.7 Å². The number of ketones is 1. The molecule has 18 heavy (non-hydrogen) atoms. The third-order valence-corrected chi connectivity index (χ3v) is 3.26. The molecule has 1 aromatic heterocycles. The zero-order valence-electron chi connectivity index (χ0n) is 10.7. The van der Waals surface area contributed by atoms with Crippen LogP contribution in [-0.4, -0.2) is 40.7 Å². The highest BCUT2D eigenvalue weighted by molar-refractivity contribution is 5.91. The maximum Gasteiger partial charge on any atom is 0.273 e. The third kappa shape index (κ3) is 2.72. The molecule has 0 aliphatic heterocycles. The summed E-state index contributed by atoms with van der Waals surface area (Å²) in [5.74, 6) is 0.491. The second-order valence-electron chi connectivity index (χ2n) is 4.84. The molecule has 0 unspecified atom stereocenters. The van der Waals surface area contributed by atoms with Crippen LogP contribution >= 0.6 is 0 Å². The van der Waals surface area contributed by atoms with E-state index < -0.39 is 0 Å². The predicted octanol–water partition coefficient (Wildman–Crippen LogP) is 1.41. The van der Waals surface area contributed by atoms with Crippen LogP contribution in [0.25, 0.3) is 0 Å². The molecule has 0 atom stereocenters. The zero-order valence-corrected chi connectivity index (χ0v) is 10.7. The lowest BCUT2D eigenvalue weighted by Gasteiger charge is -2.20. The Hall–Kier alpha value is -1.78. The molecule has 1 fully saturated rings. The normalized spacial score (nSPS) is 16.7. The van der Waals surface area contributed by atoms with Gasteiger partial charge in [0.25, 0.3) is 5.91 Å². The van der Waals surface area contributed by atoms with E-state index in [1.807, 2.05) is 0 Å². The number of aromatic nitrogens is 2. The molecule has 1 saturated carbocycles. The molecule has 0 aromatic carbocycles. The summed E-state index contributed by atoms with van der Waals surface area (Å²) in [5.41, 5.74) is 1.24. The maximum atomic E-state index is 11.7. The third-order valence-electron chi connectivity index (χ3n) is 3.26. The Balaban J connectivity index is 2.08. The van der Waals surface area contributed by atoms with Crippen LogP contribution in [0.4, 0.5) is 0 Å². The van der Waals surface area contributed by atoms with Gasteiger partial charge in [-0.1, -0.05) is 0 Å². The van der Waals surface area contributed by atoms with Gasteiger partial charge in [-0.2, -0.15) is 0 Å². The van der Waals surface area contributed by atoms with Gasteiger partial charge >= 0.3 is 0 Å². The second kappa shape index (κ2) is 5.25. The average Bonchev–Trinajstić information content (AvgIpc) is 2.39. The number of amides is 1. The van der Waals surface area contributed by atoms with Gasteiger partial charge in [0.15, 0.2) is 0 Å². The Labute approximate surface area is 106 Å². The van der Waals surface area contributed by atoms with Crippen LogP contribution in [0.5, 0.6) is 0 Å². The Morgan fingerprint density at radius 1 is 1.22 bits per heavy atom. The van der Waals surface area contributed by atoms with Gasteiger partial charge in [0.2, 0.25) is 0 Å². The number of nitrogens with zero attached hydrogens (tertiary/aromatic N) is 3. The summed E-state index contributed by atoms with van der Waals surface area (Å²) in [6, 6.07) is 0. The minimum Gasteiger partial charge on any atom is -0.343 e. The van der Waals surface area contributed by atoms with Gasteiger partial charge in [0.1, 0.15) is 11.5 Å². The lowest BCUT2D eigenvalue weighted by Crippen LogP contribution is -2.23. The summed E-state index contributed by atoms with van der Waals surface area (Å²) in [4.78, 5) is 32.8. The Morgan fingerprint density at radius 2 is 1.89 bits per heavy atom. The van der Waals surface area contributed by atoms with Crippen LogP contribution in [0.3, 0.4) is 0 Å². The molecule has 5 heteroatoms. The first-order valence-electron chi connectivity index (χ1n) is 6.13. The monoisotopic (exact) mass is 247 g/mol. The fourth-order valence-electron chi connectivity index (χ4n) is 2.12. The average molecular weight is 247 g/mol. The smallest absolute Gasteiger partial charge is 0.273 e. The molecule has 0 N–H and O–H groups in total. The van der Waals surface area contributed by atoms with Gasteiger partial charge in [-0.15, -0.1) is 0 Å². The molecule has 1 heterocycles. The van der Waals surface area contributed by atoms with Crippen molar-refractivity contribution in [1.82, 2.24) is 14.9 Å². The molecule has 0 radical (unpaired) electrons. The first kappa shape index (κ1) is 12.7. The predicted molar refractivity (Wildman–Crippen MR) is 66.3 cm³/mol. The zero-order chi connectivity index (χ0) is 13.1. The van der Waals surface area contributed by atoms with Crippen molar-refractivity contribution in [1.29, 1.82) is 0 Å². The van der Waals surface area contributed by atoms with Crippen molar-refractivity contribution < 1.29 is 9.59 Å². The molecule has 0 saturated heterocycles. The Kier molecular flexibility index (Phi) is 3.69. The van der Waals surface area contributed by atoms with E-state index in [1.54, 1.807) is 20.3 Å². The molecule has 96 valence electrons. The molecule has 1 amide bonds. The van der Waals surface area contributed by atoms with Crippen LogP contribution < -0.4 is 0 Å². The number of carbonyl (C=O) groups is 2. The molecular weight excluding hydrogens is 230 g/mol.